The third kappa shape index (κ3) is 1.84. The minimum Gasteiger partial charge on any atom is -0.327 e. The monoisotopic (exact) mass is 219 g/mol. The average molecular weight is 219 g/mol. The molecule has 0 aliphatic rings. The maximum Gasteiger partial charge on any atom is 0.140 e. The summed E-state index contributed by atoms with van der Waals surface area (Å²) < 4.78 is 14.8. The summed E-state index contributed by atoms with van der Waals surface area (Å²) in [5, 5.41) is 0. The molecule has 0 aliphatic heterocycles. The van der Waals surface area contributed by atoms with Crippen molar-refractivity contribution in [2.45, 2.75) is 20.0 Å². The van der Waals surface area contributed by atoms with E-state index in [0.29, 0.717) is 6.54 Å². The molecule has 0 amide bonds. The zero-order chi connectivity index (χ0) is 11.5. The standard InChI is InChI=1S/C12H14FN3/c1-2-16-11(7-14)8-15-12(16)9-3-5-10(13)6-4-9/h3-6,8H,2,7,14H2,1H3. The zero-order valence-corrected chi connectivity index (χ0v) is 9.15. The minimum atomic E-state index is -0.239. The van der Waals surface area contributed by atoms with Crippen molar-refractivity contribution in [3.63, 3.8) is 0 Å². The average Bonchev–Trinajstić information content (AvgIpc) is 2.72. The summed E-state index contributed by atoms with van der Waals surface area (Å²) in [4.78, 5) is 4.32. The highest BCUT2D eigenvalue weighted by molar-refractivity contribution is 5.56. The Morgan fingerprint density at radius 3 is 2.56 bits per heavy atom. The second-order valence-electron chi connectivity index (χ2n) is 3.53. The molecule has 1 heterocycles. The van der Waals surface area contributed by atoms with Crippen LogP contribution in [0.5, 0.6) is 0 Å². The van der Waals surface area contributed by atoms with Crippen molar-refractivity contribution in [3.05, 3.63) is 42.0 Å². The fourth-order valence-electron chi connectivity index (χ4n) is 1.76. The van der Waals surface area contributed by atoms with E-state index >= 15 is 0 Å². The lowest BCUT2D eigenvalue weighted by molar-refractivity contribution is 0.628. The van der Waals surface area contributed by atoms with Crippen LogP contribution in [0.4, 0.5) is 4.39 Å². The van der Waals surface area contributed by atoms with Crippen LogP contribution in [0.1, 0.15) is 12.6 Å². The zero-order valence-electron chi connectivity index (χ0n) is 9.15. The number of hydrogen-bond donors (Lipinski definition) is 1. The Kier molecular flexibility index (Phi) is 3.01. The molecule has 0 spiro atoms. The molecule has 1 aromatic heterocycles. The van der Waals surface area contributed by atoms with Gasteiger partial charge in [0.2, 0.25) is 0 Å². The molecule has 0 unspecified atom stereocenters. The molecular weight excluding hydrogens is 205 g/mol. The third-order valence-corrected chi connectivity index (χ3v) is 2.57. The molecule has 0 saturated carbocycles. The molecule has 16 heavy (non-hydrogen) atoms. The van der Waals surface area contributed by atoms with Gasteiger partial charge in [0.05, 0.1) is 11.9 Å². The molecule has 2 N–H and O–H groups in total. The normalized spacial score (nSPS) is 10.7. The van der Waals surface area contributed by atoms with Gasteiger partial charge in [-0.05, 0) is 31.2 Å². The molecule has 1 aromatic carbocycles. The first kappa shape index (κ1) is 10.8. The van der Waals surface area contributed by atoms with Crippen LogP contribution in [0.25, 0.3) is 11.4 Å². The fourth-order valence-corrected chi connectivity index (χ4v) is 1.76. The van der Waals surface area contributed by atoms with Crippen LogP contribution >= 0.6 is 0 Å². The van der Waals surface area contributed by atoms with Gasteiger partial charge in [-0.2, -0.15) is 0 Å². The highest BCUT2D eigenvalue weighted by Gasteiger charge is 2.09. The molecule has 0 saturated heterocycles. The van der Waals surface area contributed by atoms with Gasteiger partial charge in [0.1, 0.15) is 11.6 Å². The quantitative estimate of drug-likeness (QED) is 0.859. The Balaban J connectivity index is 2.47. The molecule has 0 fully saturated rings. The van der Waals surface area contributed by atoms with Crippen LogP contribution < -0.4 is 5.73 Å². The molecular formula is C12H14FN3. The van der Waals surface area contributed by atoms with Crippen molar-refractivity contribution < 1.29 is 4.39 Å². The number of benzene rings is 1. The maximum absolute atomic E-state index is 12.8. The Bertz CT molecular complexity index is 474. The van der Waals surface area contributed by atoms with Gasteiger partial charge in [-0.3, -0.25) is 0 Å². The van der Waals surface area contributed by atoms with E-state index < -0.39 is 0 Å². The first-order chi connectivity index (χ1) is 7.76. The summed E-state index contributed by atoms with van der Waals surface area (Å²) in [6.07, 6.45) is 1.77. The number of aromatic nitrogens is 2. The van der Waals surface area contributed by atoms with Gasteiger partial charge in [0.15, 0.2) is 0 Å². The van der Waals surface area contributed by atoms with Gasteiger partial charge < -0.3 is 10.3 Å². The molecule has 2 aromatic rings. The largest absolute Gasteiger partial charge is 0.327 e. The predicted octanol–water partition coefficient (Wildman–Crippen LogP) is 2.17. The van der Waals surface area contributed by atoms with Crippen molar-refractivity contribution >= 4 is 0 Å². The van der Waals surface area contributed by atoms with Gasteiger partial charge in [-0.1, -0.05) is 0 Å². The molecule has 84 valence electrons. The number of hydrogen-bond acceptors (Lipinski definition) is 2. The van der Waals surface area contributed by atoms with E-state index in [0.717, 1.165) is 23.6 Å². The molecule has 0 bridgehead atoms. The van der Waals surface area contributed by atoms with E-state index in [1.54, 1.807) is 18.3 Å². The number of halogens is 1. The van der Waals surface area contributed by atoms with Crippen LogP contribution in [-0.4, -0.2) is 9.55 Å². The summed E-state index contributed by atoms with van der Waals surface area (Å²) in [6.45, 7) is 3.30. The number of nitrogens with zero attached hydrogens (tertiary/aromatic N) is 2. The first-order valence-corrected chi connectivity index (χ1v) is 5.26. The van der Waals surface area contributed by atoms with Crippen molar-refractivity contribution in [1.82, 2.24) is 9.55 Å². The molecule has 3 nitrogen and oxygen atoms in total. The molecule has 0 aliphatic carbocycles. The second kappa shape index (κ2) is 4.45. The SMILES string of the molecule is CCn1c(CN)cnc1-c1ccc(F)cc1. The summed E-state index contributed by atoms with van der Waals surface area (Å²) in [5.41, 5.74) is 7.51. The van der Waals surface area contributed by atoms with Crippen molar-refractivity contribution in [1.29, 1.82) is 0 Å². The molecule has 0 radical (unpaired) electrons. The van der Waals surface area contributed by atoms with Gasteiger partial charge in [-0.25, -0.2) is 9.37 Å². The van der Waals surface area contributed by atoms with Gasteiger partial charge in [0.25, 0.3) is 0 Å². The maximum atomic E-state index is 12.8. The lowest BCUT2D eigenvalue weighted by Gasteiger charge is -2.07. The van der Waals surface area contributed by atoms with E-state index in [1.807, 2.05) is 11.5 Å². The highest BCUT2D eigenvalue weighted by Crippen LogP contribution is 2.19. The van der Waals surface area contributed by atoms with E-state index in [4.69, 9.17) is 5.73 Å². The first-order valence-electron chi connectivity index (χ1n) is 5.26. The molecule has 4 heteroatoms. The summed E-state index contributed by atoms with van der Waals surface area (Å²) in [5.74, 6) is 0.598. The van der Waals surface area contributed by atoms with Crippen molar-refractivity contribution in [2.24, 2.45) is 5.73 Å². The lowest BCUT2D eigenvalue weighted by Crippen LogP contribution is -2.07. The number of imidazole rings is 1. The summed E-state index contributed by atoms with van der Waals surface area (Å²) in [7, 11) is 0. The second-order valence-corrected chi connectivity index (χ2v) is 3.53. The topological polar surface area (TPSA) is 43.8 Å². The summed E-state index contributed by atoms with van der Waals surface area (Å²) in [6, 6.07) is 6.33. The Morgan fingerprint density at radius 1 is 1.31 bits per heavy atom. The number of rotatable bonds is 3. The van der Waals surface area contributed by atoms with Crippen LogP contribution in [0.15, 0.2) is 30.5 Å². The van der Waals surface area contributed by atoms with Crippen LogP contribution in [-0.2, 0) is 13.1 Å². The van der Waals surface area contributed by atoms with E-state index in [1.165, 1.54) is 12.1 Å². The van der Waals surface area contributed by atoms with E-state index in [-0.39, 0.29) is 5.82 Å². The summed E-state index contributed by atoms with van der Waals surface area (Å²) >= 11 is 0. The highest BCUT2D eigenvalue weighted by atomic mass is 19.1. The smallest absolute Gasteiger partial charge is 0.140 e. The Labute approximate surface area is 93.7 Å². The Hall–Kier alpha value is -1.68. The van der Waals surface area contributed by atoms with Crippen LogP contribution in [0.3, 0.4) is 0 Å². The van der Waals surface area contributed by atoms with Crippen LogP contribution in [0, 0.1) is 5.82 Å². The Morgan fingerprint density at radius 2 is 2.00 bits per heavy atom. The molecule has 2 rings (SSSR count). The predicted molar refractivity (Wildman–Crippen MR) is 61.2 cm³/mol. The van der Waals surface area contributed by atoms with E-state index in [9.17, 15) is 4.39 Å². The fraction of sp³-hybridized carbons (Fsp3) is 0.250. The van der Waals surface area contributed by atoms with Crippen LogP contribution in [0.2, 0.25) is 0 Å². The van der Waals surface area contributed by atoms with Crippen molar-refractivity contribution in [3.8, 4) is 11.4 Å². The third-order valence-electron chi connectivity index (χ3n) is 2.57. The van der Waals surface area contributed by atoms with E-state index in [2.05, 4.69) is 4.98 Å². The lowest BCUT2D eigenvalue weighted by atomic mass is 10.2. The van der Waals surface area contributed by atoms with Gasteiger partial charge in [0, 0.05) is 18.7 Å². The minimum absolute atomic E-state index is 0.239. The van der Waals surface area contributed by atoms with Gasteiger partial charge in [-0.15, -0.1) is 0 Å². The van der Waals surface area contributed by atoms with Crippen molar-refractivity contribution in [2.75, 3.05) is 0 Å². The molecule has 0 atom stereocenters. The number of nitrogens with two attached hydrogens (primary N) is 1. The van der Waals surface area contributed by atoms with Gasteiger partial charge >= 0.3 is 0 Å².